The van der Waals surface area contributed by atoms with Gasteiger partial charge < -0.3 is 4.74 Å². The quantitative estimate of drug-likeness (QED) is 0.443. The van der Waals surface area contributed by atoms with E-state index in [1.54, 1.807) is 0 Å². The number of allylic oxidation sites excluding steroid dienone is 2. The Morgan fingerprint density at radius 3 is 1.71 bits per heavy atom. The number of benzene rings is 3. The summed E-state index contributed by atoms with van der Waals surface area (Å²) >= 11 is 0. The van der Waals surface area contributed by atoms with E-state index in [-0.39, 0.29) is 0 Å². The van der Waals surface area contributed by atoms with E-state index in [4.69, 9.17) is 4.74 Å². The van der Waals surface area contributed by atoms with Gasteiger partial charge in [-0.25, -0.2) is 0 Å². The second-order valence-corrected chi connectivity index (χ2v) is 7.41. The lowest BCUT2D eigenvalue weighted by Crippen LogP contribution is -2.13. The van der Waals surface area contributed by atoms with Crippen molar-refractivity contribution in [3.05, 3.63) is 109 Å². The molecule has 0 aliphatic carbocycles. The van der Waals surface area contributed by atoms with Gasteiger partial charge in [-0.15, -0.1) is 0 Å². The van der Waals surface area contributed by atoms with Gasteiger partial charge in [0.15, 0.2) is 0 Å². The molecular formula is C27H26O. The Hall–Kier alpha value is -2.90. The monoisotopic (exact) mass is 366 g/mol. The van der Waals surface area contributed by atoms with Crippen LogP contribution in [-0.2, 0) is 4.74 Å². The highest BCUT2D eigenvalue weighted by molar-refractivity contribution is 6.03. The van der Waals surface area contributed by atoms with E-state index < -0.39 is 0 Å². The minimum atomic E-state index is 0.616. The molecule has 3 aromatic rings. The molecule has 1 aliphatic heterocycles. The lowest BCUT2D eigenvalue weighted by atomic mass is 9.89. The molecule has 1 aliphatic rings. The SMILES string of the molecule is C=C(C(=C)c1ccc(C2CCOCC2)cc1)c1ccc(-c2ccccc2)cc1. The molecule has 0 atom stereocenters. The summed E-state index contributed by atoms with van der Waals surface area (Å²) in [7, 11) is 0. The molecule has 1 saturated heterocycles. The Bertz CT molecular complexity index is 943. The Morgan fingerprint density at radius 2 is 1.14 bits per heavy atom. The van der Waals surface area contributed by atoms with Crippen molar-refractivity contribution in [2.75, 3.05) is 13.2 Å². The molecule has 4 rings (SSSR count). The molecule has 28 heavy (non-hydrogen) atoms. The summed E-state index contributed by atoms with van der Waals surface area (Å²) in [5, 5.41) is 0. The Labute approximate surface area is 168 Å². The van der Waals surface area contributed by atoms with Crippen molar-refractivity contribution in [1.29, 1.82) is 0 Å². The first-order valence-corrected chi connectivity index (χ1v) is 9.94. The van der Waals surface area contributed by atoms with Crippen LogP contribution in [0.4, 0.5) is 0 Å². The zero-order valence-corrected chi connectivity index (χ0v) is 16.2. The molecule has 0 aromatic heterocycles. The van der Waals surface area contributed by atoms with Crippen molar-refractivity contribution in [3.63, 3.8) is 0 Å². The number of hydrogen-bond acceptors (Lipinski definition) is 1. The second kappa shape index (κ2) is 8.41. The summed E-state index contributed by atoms with van der Waals surface area (Å²) < 4.78 is 5.47. The summed E-state index contributed by atoms with van der Waals surface area (Å²) in [5.74, 6) is 0.616. The third-order valence-corrected chi connectivity index (χ3v) is 5.66. The second-order valence-electron chi connectivity index (χ2n) is 7.41. The molecule has 1 heterocycles. The van der Waals surface area contributed by atoms with Crippen LogP contribution in [0.5, 0.6) is 0 Å². The highest BCUT2D eigenvalue weighted by atomic mass is 16.5. The summed E-state index contributed by atoms with van der Waals surface area (Å²) in [4.78, 5) is 0. The predicted octanol–water partition coefficient (Wildman–Crippen LogP) is 6.97. The fourth-order valence-corrected chi connectivity index (χ4v) is 3.83. The van der Waals surface area contributed by atoms with Crippen LogP contribution in [0.15, 0.2) is 92.0 Å². The Balaban J connectivity index is 1.47. The van der Waals surface area contributed by atoms with E-state index in [1.165, 1.54) is 16.7 Å². The standard InChI is InChI=1S/C27H26O/c1-20(22-8-12-25(13-9-22)24-6-4-3-5-7-24)21(2)23-10-14-26(15-11-23)27-16-18-28-19-17-27/h3-15,27H,1-2,16-19H2. The van der Waals surface area contributed by atoms with E-state index >= 15 is 0 Å². The zero-order valence-electron chi connectivity index (χ0n) is 16.2. The van der Waals surface area contributed by atoms with Gasteiger partial charge in [0, 0.05) is 13.2 Å². The maximum atomic E-state index is 5.47. The lowest BCUT2D eigenvalue weighted by molar-refractivity contribution is 0.0853. The fourth-order valence-electron chi connectivity index (χ4n) is 3.83. The fraction of sp³-hybridized carbons (Fsp3) is 0.185. The minimum Gasteiger partial charge on any atom is -0.381 e. The minimum absolute atomic E-state index is 0.616. The van der Waals surface area contributed by atoms with Crippen LogP contribution in [0, 0.1) is 0 Å². The third kappa shape index (κ3) is 4.00. The molecule has 0 spiro atoms. The van der Waals surface area contributed by atoms with Crippen molar-refractivity contribution in [1.82, 2.24) is 0 Å². The van der Waals surface area contributed by atoms with Crippen molar-refractivity contribution >= 4 is 11.1 Å². The highest BCUT2D eigenvalue weighted by Crippen LogP contribution is 2.32. The molecule has 0 N–H and O–H groups in total. The summed E-state index contributed by atoms with van der Waals surface area (Å²) in [6.07, 6.45) is 2.22. The van der Waals surface area contributed by atoms with Crippen molar-refractivity contribution in [2.24, 2.45) is 0 Å². The van der Waals surface area contributed by atoms with Gasteiger partial charge in [0.2, 0.25) is 0 Å². The molecular weight excluding hydrogens is 340 g/mol. The molecule has 0 saturated carbocycles. The summed E-state index contributed by atoms with van der Waals surface area (Å²) in [6.45, 7) is 10.3. The molecule has 140 valence electrons. The Kier molecular flexibility index (Phi) is 5.55. The first-order valence-electron chi connectivity index (χ1n) is 9.94. The van der Waals surface area contributed by atoms with Gasteiger partial charge in [0.25, 0.3) is 0 Å². The van der Waals surface area contributed by atoms with Crippen molar-refractivity contribution in [3.8, 4) is 11.1 Å². The van der Waals surface area contributed by atoms with Crippen LogP contribution in [0.2, 0.25) is 0 Å². The number of hydrogen-bond donors (Lipinski definition) is 0. The van der Waals surface area contributed by atoms with Crippen LogP contribution in [0.25, 0.3) is 22.3 Å². The zero-order chi connectivity index (χ0) is 19.3. The van der Waals surface area contributed by atoms with Gasteiger partial charge in [-0.05, 0) is 57.7 Å². The first kappa shape index (κ1) is 18.5. The van der Waals surface area contributed by atoms with E-state index in [0.717, 1.165) is 48.3 Å². The average Bonchev–Trinajstić information content (AvgIpc) is 2.79. The van der Waals surface area contributed by atoms with Crippen LogP contribution < -0.4 is 0 Å². The van der Waals surface area contributed by atoms with Gasteiger partial charge >= 0.3 is 0 Å². The molecule has 1 nitrogen and oxygen atoms in total. The van der Waals surface area contributed by atoms with Gasteiger partial charge in [-0.1, -0.05) is 92.0 Å². The molecule has 0 radical (unpaired) electrons. The molecule has 0 bridgehead atoms. The van der Waals surface area contributed by atoms with Gasteiger partial charge in [0.05, 0.1) is 0 Å². The molecule has 1 fully saturated rings. The molecule has 0 unspecified atom stereocenters. The van der Waals surface area contributed by atoms with Gasteiger partial charge in [-0.2, -0.15) is 0 Å². The van der Waals surface area contributed by atoms with Crippen LogP contribution in [-0.4, -0.2) is 13.2 Å². The van der Waals surface area contributed by atoms with Gasteiger partial charge in [0.1, 0.15) is 0 Å². The maximum Gasteiger partial charge on any atom is 0.0471 e. The highest BCUT2D eigenvalue weighted by Gasteiger charge is 2.16. The van der Waals surface area contributed by atoms with Crippen molar-refractivity contribution < 1.29 is 4.74 Å². The normalized spacial score (nSPS) is 14.6. The third-order valence-electron chi connectivity index (χ3n) is 5.66. The van der Waals surface area contributed by atoms with Crippen LogP contribution in [0.1, 0.15) is 35.4 Å². The lowest BCUT2D eigenvalue weighted by Gasteiger charge is -2.22. The molecule has 1 heteroatoms. The number of rotatable bonds is 5. The number of ether oxygens (including phenoxy) is 1. The first-order chi connectivity index (χ1) is 13.7. The van der Waals surface area contributed by atoms with Crippen molar-refractivity contribution in [2.45, 2.75) is 18.8 Å². The van der Waals surface area contributed by atoms with E-state index in [1.807, 2.05) is 6.07 Å². The van der Waals surface area contributed by atoms with Crippen LogP contribution in [0.3, 0.4) is 0 Å². The maximum absolute atomic E-state index is 5.47. The Morgan fingerprint density at radius 1 is 0.643 bits per heavy atom. The smallest absolute Gasteiger partial charge is 0.0471 e. The molecule has 0 amide bonds. The van der Waals surface area contributed by atoms with Crippen LogP contribution >= 0.6 is 0 Å². The topological polar surface area (TPSA) is 9.23 Å². The average molecular weight is 367 g/mol. The summed E-state index contributed by atoms with van der Waals surface area (Å²) in [5.41, 5.74) is 8.03. The largest absolute Gasteiger partial charge is 0.381 e. The van der Waals surface area contributed by atoms with E-state index in [0.29, 0.717) is 5.92 Å². The van der Waals surface area contributed by atoms with Gasteiger partial charge in [-0.3, -0.25) is 0 Å². The summed E-state index contributed by atoms with van der Waals surface area (Å²) in [6, 6.07) is 27.8. The van der Waals surface area contributed by atoms with E-state index in [9.17, 15) is 0 Å². The predicted molar refractivity (Wildman–Crippen MR) is 119 cm³/mol. The molecule has 3 aromatic carbocycles. The van der Waals surface area contributed by atoms with E-state index in [2.05, 4.69) is 86.0 Å².